The second-order valence-electron chi connectivity index (χ2n) is 14.9. The predicted octanol–water partition coefficient (Wildman–Crippen LogP) is 4.85. The van der Waals surface area contributed by atoms with Crippen molar-refractivity contribution in [2.75, 3.05) is 13.2 Å². The molecule has 0 bridgehead atoms. The quantitative estimate of drug-likeness (QED) is 0.105. The van der Waals surface area contributed by atoms with E-state index in [9.17, 15) is 19.5 Å². The zero-order valence-corrected chi connectivity index (χ0v) is 34.2. The van der Waals surface area contributed by atoms with Gasteiger partial charge in [0.15, 0.2) is 33.1 Å². The molecule has 2 fully saturated rings. The Kier molecular flexibility index (Phi) is 16.3. The van der Waals surface area contributed by atoms with Gasteiger partial charge >= 0.3 is 17.9 Å². The molecular weight excluding hydrogens is 757 g/mol. The van der Waals surface area contributed by atoms with E-state index in [4.69, 9.17) is 47.1 Å². The van der Waals surface area contributed by atoms with Crippen LogP contribution in [0, 0.1) is 0 Å². The first-order chi connectivity index (χ1) is 27.3. The Morgan fingerprint density at radius 1 is 0.544 bits per heavy atom. The lowest BCUT2D eigenvalue weighted by Crippen LogP contribution is -2.65. The fourth-order valence-electron chi connectivity index (χ4n) is 6.63. The lowest BCUT2D eigenvalue weighted by molar-refractivity contribution is -0.337. The van der Waals surface area contributed by atoms with Crippen LogP contribution in [0.5, 0.6) is 0 Å². The smallest absolute Gasteiger partial charge is 0.303 e. The Morgan fingerprint density at radius 2 is 1.00 bits per heavy atom. The van der Waals surface area contributed by atoms with Crippen LogP contribution in [0.2, 0.25) is 19.6 Å². The van der Waals surface area contributed by atoms with Gasteiger partial charge in [0.1, 0.15) is 43.2 Å². The molecular formula is C42H54O14Si. The molecule has 0 saturated carbocycles. The van der Waals surface area contributed by atoms with Crippen LogP contribution in [0.4, 0.5) is 0 Å². The molecule has 14 nitrogen and oxygen atoms in total. The largest absolute Gasteiger partial charge is 0.463 e. The van der Waals surface area contributed by atoms with Gasteiger partial charge in [0, 0.05) is 20.8 Å². The summed E-state index contributed by atoms with van der Waals surface area (Å²) < 4.78 is 61.8. The molecule has 0 amide bonds. The first-order valence-corrected chi connectivity index (χ1v) is 22.4. The molecule has 2 aliphatic rings. The number of carbonyl (C=O) groups excluding carboxylic acids is 3. The van der Waals surface area contributed by atoms with Gasteiger partial charge in [-0.15, -0.1) is 0 Å². The van der Waals surface area contributed by atoms with E-state index in [0.29, 0.717) is 0 Å². The molecule has 3 aromatic carbocycles. The van der Waals surface area contributed by atoms with Crippen LogP contribution in [-0.2, 0) is 81.3 Å². The number of aliphatic hydroxyl groups is 1. The van der Waals surface area contributed by atoms with Gasteiger partial charge in [-0.25, -0.2) is 0 Å². The van der Waals surface area contributed by atoms with E-state index in [-0.39, 0.29) is 33.0 Å². The van der Waals surface area contributed by atoms with Crippen LogP contribution in [0.15, 0.2) is 91.0 Å². The predicted molar refractivity (Wildman–Crippen MR) is 207 cm³/mol. The van der Waals surface area contributed by atoms with Crippen molar-refractivity contribution in [1.29, 1.82) is 0 Å². The molecule has 2 heterocycles. The second kappa shape index (κ2) is 21.1. The van der Waals surface area contributed by atoms with Crippen molar-refractivity contribution in [3.63, 3.8) is 0 Å². The number of rotatable bonds is 18. The van der Waals surface area contributed by atoms with E-state index in [1.54, 1.807) is 0 Å². The normalized spacial score (nSPS) is 27.6. The number of benzene rings is 3. The summed E-state index contributed by atoms with van der Waals surface area (Å²) in [5, 5.41) is 11.6. The van der Waals surface area contributed by atoms with Gasteiger partial charge in [-0.1, -0.05) is 91.0 Å². The maximum atomic E-state index is 12.5. The van der Waals surface area contributed by atoms with E-state index in [2.05, 4.69) is 0 Å². The molecule has 0 spiro atoms. The minimum absolute atomic E-state index is 0.167. The molecule has 5 rings (SSSR count). The number of ether oxygens (including phenoxy) is 9. The van der Waals surface area contributed by atoms with Crippen molar-refractivity contribution in [3.8, 4) is 0 Å². The summed E-state index contributed by atoms with van der Waals surface area (Å²) in [6.45, 7) is 9.38. The fraction of sp³-hybridized carbons (Fsp3) is 0.500. The van der Waals surface area contributed by atoms with Crippen molar-refractivity contribution in [2.24, 2.45) is 0 Å². The summed E-state index contributed by atoms with van der Waals surface area (Å²) >= 11 is 0. The maximum absolute atomic E-state index is 12.5. The van der Waals surface area contributed by atoms with Gasteiger partial charge in [0.25, 0.3) is 0 Å². The topological polar surface area (TPSA) is 164 Å². The number of aliphatic hydroxyl groups excluding tert-OH is 1. The highest BCUT2D eigenvalue weighted by Crippen LogP contribution is 2.34. The summed E-state index contributed by atoms with van der Waals surface area (Å²) in [4.78, 5) is 36.7. The van der Waals surface area contributed by atoms with Crippen molar-refractivity contribution in [3.05, 3.63) is 108 Å². The molecule has 0 radical (unpaired) electrons. The third-order valence-corrected chi connectivity index (χ3v) is 10.0. The van der Waals surface area contributed by atoms with E-state index < -0.39 is 87.6 Å². The van der Waals surface area contributed by atoms with Gasteiger partial charge in [0.05, 0.1) is 26.4 Å². The Balaban J connectivity index is 1.47. The van der Waals surface area contributed by atoms with Crippen LogP contribution in [0.25, 0.3) is 0 Å². The van der Waals surface area contributed by atoms with Crippen molar-refractivity contribution >= 4 is 26.2 Å². The second-order valence-corrected chi connectivity index (χ2v) is 19.3. The first kappa shape index (κ1) is 44.1. The van der Waals surface area contributed by atoms with E-state index in [0.717, 1.165) is 16.7 Å². The van der Waals surface area contributed by atoms with Crippen molar-refractivity contribution in [1.82, 2.24) is 0 Å². The monoisotopic (exact) mass is 810 g/mol. The minimum Gasteiger partial charge on any atom is -0.463 e. The Bertz CT molecular complexity index is 1690. The highest BCUT2D eigenvalue weighted by atomic mass is 28.4. The lowest BCUT2D eigenvalue weighted by Gasteiger charge is -2.47. The van der Waals surface area contributed by atoms with Crippen LogP contribution >= 0.6 is 0 Å². The third kappa shape index (κ3) is 13.5. The Morgan fingerprint density at radius 3 is 1.47 bits per heavy atom. The van der Waals surface area contributed by atoms with Gasteiger partial charge in [-0.3, -0.25) is 14.4 Å². The average molecular weight is 811 g/mol. The van der Waals surface area contributed by atoms with Crippen LogP contribution in [0.1, 0.15) is 37.5 Å². The number of hydrogen-bond donors (Lipinski definition) is 1. The van der Waals surface area contributed by atoms with Crippen LogP contribution in [0.3, 0.4) is 0 Å². The van der Waals surface area contributed by atoms with E-state index in [1.807, 2.05) is 111 Å². The first-order valence-electron chi connectivity index (χ1n) is 19.0. The summed E-state index contributed by atoms with van der Waals surface area (Å²) in [5.41, 5.74) is 2.67. The molecule has 1 N–H and O–H groups in total. The molecule has 57 heavy (non-hydrogen) atoms. The number of carbonyl (C=O) groups is 3. The van der Waals surface area contributed by atoms with Crippen molar-refractivity contribution < 1.29 is 66.5 Å². The highest BCUT2D eigenvalue weighted by Gasteiger charge is 2.54. The van der Waals surface area contributed by atoms with E-state index in [1.165, 1.54) is 20.8 Å². The molecule has 15 heteroatoms. The minimum atomic E-state index is -2.46. The van der Waals surface area contributed by atoms with Gasteiger partial charge in [-0.05, 0) is 36.3 Å². The average Bonchev–Trinajstić information content (AvgIpc) is 3.17. The summed E-state index contributed by atoms with van der Waals surface area (Å²) in [5.74, 6) is -1.94. The Labute approximate surface area is 334 Å². The van der Waals surface area contributed by atoms with Crippen molar-refractivity contribution in [2.45, 2.75) is 122 Å². The van der Waals surface area contributed by atoms with Gasteiger partial charge < -0.3 is 52.2 Å². The maximum Gasteiger partial charge on any atom is 0.303 e. The molecule has 2 saturated heterocycles. The summed E-state index contributed by atoms with van der Waals surface area (Å²) in [6.07, 6.45) is -11.0. The third-order valence-electron chi connectivity index (χ3n) is 9.03. The lowest BCUT2D eigenvalue weighted by atomic mass is 9.97. The molecule has 310 valence electrons. The SMILES string of the molecule is CC(=O)OC[C@H]1O[C@H](OC[C@H]2O[C@@H](O)[C@H](OCc3ccccc3)[C@@H](OCc3ccccc3)[C@@H]2OCc2ccccc2)[C@@H](O[Si](C)(C)C)[C@@H](OC(C)=O)[C@@H]1OC(C)=O. The fourth-order valence-corrected chi connectivity index (χ4v) is 7.69. The molecule has 3 aromatic rings. The van der Waals surface area contributed by atoms with Gasteiger partial charge in [-0.2, -0.15) is 0 Å². The highest BCUT2D eigenvalue weighted by molar-refractivity contribution is 6.69. The zero-order valence-electron chi connectivity index (χ0n) is 33.2. The zero-order chi connectivity index (χ0) is 41.0. The Hall–Kier alpha value is -4.03. The van der Waals surface area contributed by atoms with Crippen LogP contribution < -0.4 is 0 Å². The standard InChI is InChI=1S/C42H54O14Si/c1-27(43)47-25-34-36(52-28(2)44)38(53-29(3)45)40(56-57(4,5)6)42(55-34)51-26-33-35(48-22-30-16-10-7-11-17-30)37(49-23-31-18-12-8-13-19-31)39(41(46)54-33)50-24-32-20-14-9-15-21-32/h7-21,33-42,46H,22-26H2,1-6H3/t33-,34-,35-,36-,37+,38+,39-,40+,41-,42+/m1/s1. The molecule has 2 aliphatic heterocycles. The summed E-state index contributed by atoms with van der Waals surface area (Å²) in [6, 6.07) is 28.7. The molecule has 0 aromatic heterocycles. The molecule has 0 unspecified atom stereocenters. The molecule has 10 atom stereocenters. The number of esters is 3. The van der Waals surface area contributed by atoms with Gasteiger partial charge in [0.2, 0.25) is 0 Å². The molecule has 0 aliphatic carbocycles. The van der Waals surface area contributed by atoms with E-state index >= 15 is 0 Å². The van der Waals surface area contributed by atoms with Crippen LogP contribution in [-0.4, -0.2) is 106 Å². The summed E-state index contributed by atoms with van der Waals surface area (Å²) in [7, 11) is -2.46. The number of hydrogen-bond acceptors (Lipinski definition) is 14.